The Balaban J connectivity index is 2.75. The summed E-state index contributed by atoms with van der Waals surface area (Å²) >= 11 is 0. The first-order valence-electron chi connectivity index (χ1n) is 4.79. The smallest absolute Gasteiger partial charge is 0.280 e. The lowest BCUT2D eigenvalue weighted by atomic mass is 10.3. The summed E-state index contributed by atoms with van der Waals surface area (Å²) in [4.78, 5) is 0. The summed E-state index contributed by atoms with van der Waals surface area (Å²) in [6.45, 7) is 6.54. The zero-order valence-electron chi connectivity index (χ0n) is 9.20. The van der Waals surface area contributed by atoms with Crippen LogP contribution in [0.25, 0.3) is 0 Å². The molecule has 1 aromatic carbocycles. The van der Waals surface area contributed by atoms with Crippen molar-refractivity contribution in [1.29, 1.82) is 0 Å². The minimum atomic E-state index is -0.771. The fourth-order valence-electron chi connectivity index (χ4n) is 0.994. The number of ether oxygens (including phenoxy) is 1. The Morgan fingerprint density at radius 2 is 1.71 bits per heavy atom. The summed E-state index contributed by atoms with van der Waals surface area (Å²) < 4.78 is 11.1. The Hall–Kier alpha value is -0.963. The Labute approximate surface area is 87.6 Å². The predicted molar refractivity (Wildman–Crippen MR) is 60.3 cm³/mol. The molecule has 0 atom stereocenters. The van der Waals surface area contributed by atoms with Crippen LogP contribution in [0.2, 0.25) is 12.1 Å². The van der Waals surface area contributed by atoms with E-state index in [2.05, 4.69) is 20.4 Å². The molecule has 0 saturated heterocycles. The molecule has 0 N–H and O–H groups in total. The van der Waals surface area contributed by atoms with Crippen molar-refractivity contribution >= 4 is 9.04 Å². The topological polar surface area (TPSA) is 18.5 Å². The molecule has 2 nitrogen and oxygen atoms in total. The molecule has 0 heterocycles. The van der Waals surface area contributed by atoms with Gasteiger partial charge in [-0.25, -0.2) is 0 Å². The highest BCUT2D eigenvalue weighted by atomic mass is 28.3. The van der Waals surface area contributed by atoms with Gasteiger partial charge in [-0.15, -0.1) is 0 Å². The largest absolute Gasteiger partial charge is 0.540 e. The van der Waals surface area contributed by atoms with Gasteiger partial charge >= 0.3 is 0 Å². The fourth-order valence-corrected chi connectivity index (χ4v) is 1.75. The lowest BCUT2D eigenvalue weighted by molar-refractivity contribution is 0.393. The molecule has 0 aliphatic carbocycles. The molecule has 0 aliphatic heterocycles. The molecule has 1 rings (SSSR count). The van der Waals surface area contributed by atoms with Crippen LogP contribution in [0.15, 0.2) is 24.3 Å². The third kappa shape index (κ3) is 2.77. The van der Waals surface area contributed by atoms with Crippen molar-refractivity contribution < 1.29 is 9.16 Å². The average molecular weight is 209 g/mol. The van der Waals surface area contributed by atoms with Gasteiger partial charge in [0.1, 0.15) is 5.75 Å². The van der Waals surface area contributed by atoms with E-state index in [1.54, 1.807) is 7.11 Å². The van der Waals surface area contributed by atoms with Crippen LogP contribution in [-0.2, 0) is 0 Å². The van der Waals surface area contributed by atoms with Crippen molar-refractivity contribution in [3.8, 4) is 11.5 Å². The van der Waals surface area contributed by atoms with Gasteiger partial charge in [-0.05, 0) is 24.2 Å². The van der Waals surface area contributed by atoms with Gasteiger partial charge in [-0.3, -0.25) is 0 Å². The van der Waals surface area contributed by atoms with Gasteiger partial charge in [0.05, 0.1) is 7.11 Å². The van der Waals surface area contributed by atoms with Gasteiger partial charge in [0, 0.05) is 0 Å². The Kier molecular flexibility index (Phi) is 4.01. The van der Waals surface area contributed by atoms with Gasteiger partial charge in [-0.1, -0.05) is 26.0 Å². The molecule has 0 unspecified atom stereocenters. The van der Waals surface area contributed by atoms with E-state index in [9.17, 15) is 0 Å². The zero-order valence-corrected chi connectivity index (χ0v) is 10.2. The molecule has 0 bridgehead atoms. The number of benzene rings is 1. The second-order valence-corrected chi connectivity index (χ2v) is 6.10. The van der Waals surface area contributed by atoms with Crippen molar-refractivity contribution in [3.05, 3.63) is 24.3 Å². The third-order valence-electron chi connectivity index (χ3n) is 2.15. The van der Waals surface area contributed by atoms with Crippen molar-refractivity contribution in [2.45, 2.75) is 25.9 Å². The molecule has 0 spiro atoms. The van der Waals surface area contributed by atoms with E-state index in [1.165, 1.54) is 0 Å². The normalized spacial score (nSPS) is 10.7. The van der Waals surface area contributed by atoms with Gasteiger partial charge in [0.25, 0.3) is 9.04 Å². The first-order valence-corrected chi connectivity index (χ1v) is 6.78. The van der Waals surface area contributed by atoms with E-state index < -0.39 is 9.04 Å². The molecular formula is C11H17O2Si. The Morgan fingerprint density at radius 1 is 1.14 bits per heavy atom. The summed E-state index contributed by atoms with van der Waals surface area (Å²) in [5.74, 6) is 1.68. The quantitative estimate of drug-likeness (QED) is 0.709. The number of hydrogen-bond donors (Lipinski definition) is 0. The number of methoxy groups -OCH3 is 1. The molecule has 0 saturated carbocycles. The summed E-state index contributed by atoms with van der Waals surface area (Å²) in [6.07, 6.45) is 0. The maximum Gasteiger partial charge on any atom is 0.280 e. The summed E-state index contributed by atoms with van der Waals surface area (Å²) in [6, 6.07) is 7.79. The van der Waals surface area contributed by atoms with E-state index in [1.807, 2.05) is 24.3 Å². The van der Waals surface area contributed by atoms with Gasteiger partial charge < -0.3 is 9.16 Å². The molecule has 3 heteroatoms. The predicted octanol–water partition coefficient (Wildman–Crippen LogP) is 3.11. The van der Waals surface area contributed by atoms with Crippen LogP contribution in [0.4, 0.5) is 0 Å². The first kappa shape index (κ1) is 11.1. The molecule has 1 aromatic rings. The minimum Gasteiger partial charge on any atom is -0.540 e. The van der Waals surface area contributed by atoms with Gasteiger partial charge in [-0.2, -0.15) is 0 Å². The van der Waals surface area contributed by atoms with Crippen LogP contribution in [-0.4, -0.2) is 16.2 Å². The van der Waals surface area contributed by atoms with Crippen LogP contribution in [0.3, 0.4) is 0 Å². The number of hydrogen-bond acceptors (Lipinski definition) is 2. The molecule has 0 fully saturated rings. The lowest BCUT2D eigenvalue weighted by Crippen LogP contribution is -2.21. The summed E-state index contributed by atoms with van der Waals surface area (Å²) in [5, 5.41) is 0. The molecule has 0 amide bonds. The SMILES string of the molecule is COc1ccccc1O[Si](C)C(C)C. The van der Waals surface area contributed by atoms with E-state index in [0.29, 0.717) is 5.54 Å². The summed E-state index contributed by atoms with van der Waals surface area (Å²) in [7, 11) is 0.895. The van der Waals surface area contributed by atoms with E-state index >= 15 is 0 Å². The number of para-hydroxylation sites is 2. The van der Waals surface area contributed by atoms with E-state index in [4.69, 9.17) is 9.16 Å². The van der Waals surface area contributed by atoms with Crippen molar-refractivity contribution in [3.63, 3.8) is 0 Å². The van der Waals surface area contributed by atoms with Crippen molar-refractivity contribution in [2.24, 2.45) is 0 Å². The molecule has 0 aliphatic rings. The van der Waals surface area contributed by atoms with E-state index in [0.717, 1.165) is 11.5 Å². The minimum absolute atomic E-state index is 0.602. The third-order valence-corrected chi connectivity index (χ3v) is 4.32. The van der Waals surface area contributed by atoms with E-state index in [-0.39, 0.29) is 0 Å². The Bertz CT molecular complexity index is 286. The highest BCUT2D eigenvalue weighted by Crippen LogP contribution is 2.27. The maximum absolute atomic E-state index is 5.87. The van der Waals surface area contributed by atoms with Gasteiger partial charge in [0.15, 0.2) is 5.75 Å². The second kappa shape index (κ2) is 5.05. The molecule has 77 valence electrons. The first-order chi connectivity index (χ1) is 6.65. The van der Waals surface area contributed by atoms with Crippen LogP contribution in [0, 0.1) is 0 Å². The zero-order chi connectivity index (χ0) is 10.6. The van der Waals surface area contributed by atoms with Crippen molar-refractivity contribution in [1.82, 2.24) is 0 Å². The van der Waals surface area contributed by atoms with Gasteiger partial charge in [0.2, 0.25) is 0 Å². The highest BCUT2D eigenvalue weighted by molar-refractivity contribution is 6.52. The average Bonchev–Trinajstić information content (AvgIpc) is 2.18. The second-order valence-electron chi connectivity index (χ2n) is 3.52. The van der Waals surface area contributed by atoms with Crippen LogP contribution < -0.4 is 9.16 Å². The maximum atomic E-state index is 5.87. The molecular weight excluding hydrogens is 192 g/mol. The lowest BCUT2D eigenvalue weighted by Gasteiger charge is -2.17. The number of rotatable bonds is 4. The molecule has 0 aromatic heterocycles. The fraction of sp³-hybridized carbons (Fsp3) is 0.455. The summed E-state index contributed by atoms with van der Waals surface area (Å²) in [5.41, 5.74) is 0.602. The van der Waals surface area contributed by atoms with Crippen LogP contribution in [0.1, 0.15) is 13.8 Å². The standard InChI is InChI=1S/C11H17O2Si/c1-9(2)14(4)13-11-8-6-5-7-10(11)12-3/h5-9H,1-4H3. The monoisotopic (exact) mass is 209 g/mol. The molecule has 14 heavy (non-hydrogen) atoms. The van der Waals surface area contributed by atoms with Crippen LogP contribution in [0.5, 0.6) is 11.5 Å². The van der Waals surface area contributed by atoms with Crippen LogP contribution >= 0.6 is 0 Å². The highest BCUT2D eigenvalue weighted by Gasteiger charge is 2.15. The van der Waals surface area contributed by atoms with Crippen molar-refractivity contribution in [2.75, 3.05) is 7.11 Å². The Morgan fingerprint density at radius 3 is 2.21 bits per heavy atom. The molecule has 1 radical (unpaired) electrons.